The zero-order valence-electron chi connectivity index (χ0n) is 17.6. The third kappa shape index (κ3) is 14.7. The molecule has 0 spiro atoms. The number of aliphatic hydroxyl groups is 1. The van der Waals surface area contributed by atoms with Gasteiger partial charge in [-0.3, -0.25) is 0 Å². The van der Waals surface area contributed by atoms with Crippen molar-refractivity contribution in [3.05, 3.63) is 29.8 Å². The highest BCUT2D eigenvalue weighted by Gasteiger charge is 2.11. The van der Waals surface area contributed by atoms with Gasteiger partial charge in [0.2, 0.25) is 0 Å². The molecule has 0 aromatic heterocycles. The summed E-state index contributed by atoms with van der Waals surface area (Å²) in [4.78, 5) is -0.178. The Morgan fingerprint density at radius 2 is 1.33 bits per heavy atom. The lowest BCUT2D eigenvalue weighted by molar-refractivity contribution is -0.909. The predicted octanol–water partition coefficient (Wildman–Crippen LogP) is 4.44. The highest BCUT2D eigenvalue weighted by Crippen LogP contribution is 2.10. The van der Waals surface area contributed by atoms with Gasteiger partial charge in [0.15, 0.2) is 6.73 Å². The van der Waals surface area contributed by atoms with E-state index in [1.807, 2.05) is 6.92 Å². The summed E-state index contributed by atoms with van der Waals surface area (Å²) < 4.78 is 31.9. The van der Waals surface area contributed by atoms with E-state index in [4.69, 9.17) is 5.11 Å². The number of unbranched alkanes of at least 4 members (excludes halogenated alkanes) is 8. The maximum absolute atomic E-state index is 10.4. The molecule has 1 rings (SSSR count). The van der Waals surface area contributed by atoms with E-state index in [0.717, 1.165) is 16.6 Å². The fourth-order valence-corrected chi connectivity index (χ4v) is 3.10. The third-order valence-corrected chi connectivity index (χ3v) is 5.41. The van der Waals surface area contributed by atoms with Crippen molar-refractivity contribution < 1.29 is 22.6 Å². The molecule has 5 nitrogen and oxygen atoms in total. The summed E-state index contributed by atoms with van der Waals surface area (Å²) in [6.07, 6.45) is 12.4. The summed E-state index contributed by atoms with van der Waals surface area (Å²) >= 11 is 0. The average Bonchev–Trinajstić information content (AvgIpc) is 2.60. The first-order valence-electron chi connectivity index (χ1n) is 10.1. The zero-order chi connectivity index (χ0) is 20.8. The maximum Gasteiger partial charge on any atom is 0.179 e. The quantitative estimate of drug-likeness (QED) is 0.243. The van der Waals surface area contributed by atoms with Gasteiger partial charge in [0.25, 0.3) is 0 Å². The molecule has 0 unspecified atom stereocenters. The summed E-state index contributed by atoms with van der Waals surface area (Å²) in [7, 11) is -0.0935. The van der Waals surface area contributed by atoms with E-state index < -0.39 is 10.1 Å². The Morgan fingerprint density at radius 3 is 1.74 bits per heavy atom. The van der Waals surface area contributed by atoms with Crippen LogP contribution in [0.1, 0.15) is 70.3 Å². The molecule has 27 heavy (non-hydrogen) atoms. The number of rotatable bonds is 12. The Labute approximate surface area is 166 Å². The molecular formula is C21H39NO4S. The summed E-state index contributed by atoms with van der Waals surface area (Å²) in [6.45, 7) is 5.45. The van der Waals surface area contributed by atoms with Crippen molar-refractivity contribution >= 4 is 10.1 Å². The standard InChI is InChI=1S/C14H32NO.C7H8O3S/c1-4-5-6-7-8-9-10-11-12-13-15(2,3)14-16;1-6-2-4-7(5-3-6)11(8,9)10/h16H,4-14H2,1-3H3;2-5H,1H3,(H,8,9,10)/q+1;/p-1. The van der Waals surface area contributed by atoms with Crippen LogP contribution in [0, 0.1) is 6.92 Å². The van der Waals surface area contributed by atoms with E-state index in [9.17, 15) is 13.0 Å². The molecule has 0 saturated heterocycles. The van der Waals surface area contributed by atoms with Crippen molar-refractivity contribution in [3.8, 4) is 0 Å². The van der Waals surface area contributed by atoms with Gasteiger partial charge in [-0.25, -0.2) is 8.42 Å². The molecule has 0 amide bonds. The van der Waals surface area contributed by atoms with Crippen LogP contribution in [-0.2, 0) is 10.1 Å². The number of quaternary nitrogens is 1. The van der Waals surface area contributed by atoms with Crippen molar-refractivity contribution in [2.24, 2.45) is 0 Å². The van der Waals surface area contributed by atoms with Crippen molar-refractivity contribution in [2.75, 3.05) is 27.4 Å². The van der Waals surface area contributed by atoms with Gasteiger partial charge < -0.3 is 14.1 Å². The molecule has 0 aliphatic rings. The number of aliphatic hydroxyl groups excluding tert-OH is 1. The molecule has 0 atom stereocenters. The molecule has 0 fully saturated rings. The molecule has 6 heteroatoms. The first-order valence-corrected chi connectivity index (χ1v) is 11.5. The van der Waals surface area contributed by atoms with Gasteiger partial charge >= 0.3 is 0 Å². The van der Waals surface area contributed by atoms with Gasteiger partial charge in [-0.1, -0.05) is 69.6 Å². The zero-order valence-corrected chi connectivity index (χ0v) is 18.4. The van der Waals surface area contributed by atoms with Gasteiger partial charge in [-0.05, 0) is 31.9 Å². The van der Waals surface area contributed by atoms with Gasteiger partial charge in [0, 0.05) is 0 Å². The summed E-state index contributed by atoms with van der Waals surface area (Å²) in [5.41, 5.74) is 0.928. The number of nitrogens with zero attached hydrogens (tertiary/aromatic N) is 1. The fourth-order valence-electron chi connectivity index (χ4n) is 2.63. The number of hydrogen-bond acceptors (Lipinski definition) is 4. The molecule has 0 saturated carbocycles. The van der Waals surface area contributed by atoms with Crippen molar-refractivity contribution in [2.45, 2.75) is 76.5 Å². The van der Waals surface area contributed by atoms with Crippen molar-refractivity contribution in [3.63, 3.8) is 0 Å². The Hall–Kier alpha value is -0.950. The summed E-state index contributed by atoms with van der Waals surface area (Å²) in [5, 5.41) is 9.09. The lowest BCUT2D eigenvalue weighted by Gasteiger charge is -2.26. The second-order valence-electron chi connectivity index (χ2n) is 7.90. The third-order valence-electron chi connectivity index (χ3n) is 4.56. The summed E-state index contributed by atoms with van der Waals surface area (Å²) in [5.74, 6) is 0. The van der Waals surface area contributed by atoms with E-state index >= 15 is 0 Å². The molecule has 158 valence electrons. The Kier molecular flexibility index (Phi) is 13.6. The average molecular weight is 402 g/mol. The molecule has 1 aromatic carbocycles. The second kappa shape index (κ2) is 14.1. The van der Waals surface area contributed by atoms with E-state index in [1.54, 1.807) is 12.1 Å². The number of hydrogen-bond donors (Lipinski definition) is 1. The minimum atomic E-state index is -4.27. The van der Waals surface area contributed by atoms with Crippen LogP contribution in [0.2, 0.25) is 0 Å². The molecule has 0 bridgehead atoms. The van der Waals surface area contributed by atoms with Crippen LogP contribution in [0.4, 0.5) is 0 Å². The molecular weight excluding hydrogens is 362 g/mol. The first-order chi connectivity index (χ1) is 12.6. The number of benzene rings is 1. The highest BCUT2D eigenvalue weighted by atomic mass is 32.2. The van der Waals surface area contributed by atoms with Crippen molar-refractivity contribution in [1.29, 1.82) is 0 Å². The monoisotopic (exact) mass is 401 g/mol. The van der Waals surface area contributed by atoms with Gasteiger partial charge in [-0.15, -0.1) is 0 Å². The largest absolute Gasteiger partial charge is 0.744 e. The highest BCUT2D eigenvalue weighted by molar-refractivity contribution is 7.85. The topological polar surface area (TPSA) is 77.4 Å². The minimum Gasteiger partial charge on any atom is -0.744 e. The Morgan fingerprint density at radius 1 is 0.889 bits per heavy atom. The molecule has 0 aliphatic heterocycles. The Bertz CT molecular complexity index is 583. The van der Waals surface area contributed by atoms with Crippen LogP contribution in [0.3, 0.4) is 0 Å². The van der Waals surface area contributed by atoms with Crippen LogP contribution >= 0.6 is 0 Å². The smallest absolute Gasteiger partial charge is 0.179 e. The minimum absolute atomic E-state index is 0.178. The number of aryl methyl sites for hydroxylation is 1. The van der Waals surface area contributed by atoms with Gasteiger partial charge in [-0.2, -0.15) is 0 Å². The molecule has 0 heterocycles. The Balaban J connectivity index is 0.000000533. The fraction of sp³-hybridized carbons (Fsp3) is 0.714. The lowest BCUT2D eigenvalue weighted by Crippen LogP contribution is -2.41. The van der Waals surface area contributed by atoms with E-state index in [1.165, 1.54) is 69.9 Å². The van der Waals surface area contributed by atoms with Crippen LogP contribution < -0.4 is 0 Å². The molecule has 1 N–H and O–H groups in total. The molecule has 1 aromatic rings. The van der Waals surface area contributed by atoms with Crippen molar-refractivity contribution in [1.82, 2.24) is 0 Å². The lowest BCUT2D eigenvalue weighted by atomic mass is 10.1. The van der Waals surface area contributed by atoms with Gasteiger partial charge in [0.1, 0.15) is 10.1 Å². The predicted molar refractivity (Wildman–Crippen MR) is 110 cm³/mol. The van der Waals surface area contributed by atoms with E-state index in [2.05, 4.69) is 21.0 Å². The van der Waals surface area contributed by atoms with Gasteiger partial charge in [0.05, 0.1) is 25.5 Å². The molecule has 0 radical (unpaired) electrons. The maximum atomic E-state index is 10.4. The SMILES string of the molecule is CCCCCCCCCCC[N+](C)(C)CO.Cc1ccc(S(=O)(=O)[O-])cc1. The molecule has 0 aliphatic carbocycles. The van der Waals surface area contributed by atoms with Crippen LogP contribution in [0.15, 0.2) is 29.2 Å². The normalized spacial score (nSPS) is 11.8. The first kappa shape index (κ1) is 26.1. The van der Waals surface area contributed by atoms with Crippen LogP contribution in [0.25, 0.3) is 0 Å². The van der Waals surface area contributed by atoms with E-state index in [-0.39, 0.29) is 11.6 Å². The van der Waals surface area contributed by atoms with Crippen LogP contribution in [-0.4, -0.2) is 49.9 Å². The van der Waals surface area contributed by atoms with Crippen LogP contribution in [0.5, 0.6) is 0 Å². The summed E-state index contributed by atoms with van der Waals surface area (Å²) in [6, 6.07) is 5.78. The van der Waals surface area contributed by atoms with E-state index in [0.29, 0.717) is 0 Å². The second-order valence-corrected chi connectivity index (χ2v) is 9.28.